The minimum Gasteiger partial charge on any atom is -0.481 e. The lowest BCUT2D eigenvalue weighted by Gasteiger charge is -2.17. The summed E-state index contributed by atoms with van der Waals surface area (Å²) in [6.45, 7) is 2.04. The van der Waals surface area contributed by atoms with Crippen molar-refractivity contribution in [3.8, 4) is 0 Å². The number of aliphatic carboxylic acids is 1. The number of amides is 1. The minimum absolute atomic E-state index is 0.000997. The standard InChI is InChI=1S/C20H20FNO4/c1-13-7-8-18(21)15(9-13)16-10-22(11-17(16)19(23)24)20(25)26-12-14-5-3-2-4-6-14/h2-9,16-17H,10-12H2,1H3,(H,23,24)/t16-,17+/m0/s1. The largest absolute Gasteiger partial charge is 0.481 e. The van der Waals surface area contributed by atoms with E-state index in [1.165, 1.54) is 11.0 Å². The van der Waals surface area contributed by atoms with Gasteiger partial charge < -0.3 is 14.7 Å². The van der Waals surface area contributed by atoms with E-state index in [2.05, 4.69) is 0 Å². The Morgan fingerprint density at radius 1 is 1.19 bits per heavy atom. The van der Waals surface area contributed by atoms with Gasteiger partial charge in [0.1, 0.15) is 12.4 Å². The molecule has 5 nitrogen and oxygen atoms in total. The fourth-order valence-corrected chi connectivity index (χ4v) is 3.28. The summed E-state index contributed by atoms with van der Waals surface area (Å²) in [4.78, 5) is 25.3. The zero-order valence-electron chi connectivity index (χ0n) is 14.4. The third-order valence-corrected chi connectivity index (χ3v) is 4.65. The van der Waals surface area contributed by atoms with E-state index in [4.69, 9.17) is 4.74 Å². The molecule has 0 aromatic heterocycles. The molecule has 1 heterocycles. The molecular weight excluding hydrogens is 337 g/mol. The maximum atomic E-state index is 14.2. The number of rotatable bonds is 4. The van der Waals surface area contributed by atoms with Crippen LogP contribution in [0.2, 0.25) is 0 Å². The van der Waals surface area contributed by atoms with Crippen LogP contribution in [0.5, 0.6) is 0 Å². The van der Waals surface area contributed by atoms with Crippen LogP contribution < -0.4 is 0 Å². The Morgan fingerprint density at radius 3 is 2.62 bits per heavy atom. The topological polar surface area (TPSA) is 66.8 Å². The Labute approximate surface area is 151 Å². The first kappa shape index (κ1) is 17.9. The second kappa shape index (κ2) is 7.56. The molecule has 2 aromatic carbocycles. The van der Waals surface area contributed by atoms with Crippen LogP contribution in [0.25, 0.3) is 0 Å². The number of carboxylic acid groups (broad SMARTS) is 1. The van der Waals surface area contributed by atoms with Crippen molar-refractivity contribution < 1.29 is 23.8 Å². The molecule has 0 bridgehead atoms. The van der Waals surface area contributed by atoms with Crippen molar-refractivity contribution in [1.29, 1.82) is 0 Å². The van der Waals surface area contributed by atoms with Crippen LogP contribution in [0.15, 0.2) is 48.5 Å². The van der Waals surface area contributed by atoms with Crippen LogP contribution >= 0.6 is 0 Å². The van der Waals surface area contributed by atoms with Crippen molar-refractivity contribution >= 4 is 12.1 Å². The summed E-state index contributed by atoms with van der Waals surface area (Å²) in [5.74, 6) is -2.96. The van der Waals surface area contributed by atoms with Gasteiger partial charge in [0, 0.05) is 19.0 Å². The smallest absolute Gasteiger partial charge is 0.410 e. The average molecular weight is 357 g/mol. The molecule has 2 atom stereocenters. The fraction of sp³-hybridized carbons (Fsp3) is 0.300. The van der Waals surface area contributed by atoms with Gasteiger partial charge in [0.05, 0.1) is 5.92 Å². The van der Waals surface area contributed by atoms with Gasteiger partial charge in [0.25, 0.3) is 0 Å². The molecule has 136 valence electrons. The predicted molar refractivity (Wildman–Crippen MR) is 93.2 cm³/mol. The highest BCUT2D eigenvalue weighted by atomic mass is 19.1. The lowest BCUT2D eigenvalue weighted by Crippen LogP contribution is -2.30. The Hall–Kier alpha value is -2.89. The number of carbonyl (C=O) groups excluding carboxylic acids is 1. The number of carbonyl (C=O) groups is 2. The molecule has 0 aliphatic carbocycles. The van der Waals surface area contributed by atoms with E-state index in [9.17, 15) is 19.1 Å². The number of ether oxygens (including phenoxy) is 1. The molecule has 1 amide bonds. The number of benzene rings is 2. The third kappa shape index (κ3) is 3.85. The van der Waals surface area contributed by atoms with Crippen LogP contribution in [0.1, 0.15) is 22.6 Å². The van der Waals surface area contributed by atoms with Crippen molar-refractivity contribution in [2.45, 2.75) is 19.4 Å². The normalized spacial score (nSPS) is 19.4. The minimum atomic E-state index is -1.05. The molecule has 3 rings (SSSR count). The second-order valence-corrected chi connectivity index (χ2v) is 6.52. The van der Waals surface area contributed by atoms with Gasteiger partial charge >= 0.3 is 12.1 Å². The monoisotopic (exact) mass is 357 g/mol. The van der Waals surface area contributed by atoms with Gasteiger partial charge in [-0.3, -0.25) is 4.79 Å². The summed E-state index contributed by atoms with van der Waals surface area (Å²) in [5, 5.41) is 9.51. The molecule has 26 heavy (non-hydrogen) atoms. The lowest BCUT2D eigenvalue weighted by atomic mass is 9.88. The quantitative estimate of drug-likeness (QED) is 0.908. The first-order valence-corrected chi connectivity index (χ1v) is 8.40. The third-order valence-electron chi connectivity index (χ3n) is 4.65. The first-order chi connectivity index (χ1) is 12.5. The van der Waals surface area contributed by atoms with Gasteiger partial charge in [-0.05, 0) is 24.1 Å². The number of aryl methyl sites for hydroxylation is 1. The van der Waals surface area contributed by atoms with Crippen molar-refractivity contribution in [3.05, 3.63) is 71.0 Å². The number of nitrogens with zero attached hydrogens (tertiary/aromatic N) is 1. The van der Waals surface area contributed by atoms with Crippen LogP contribution in [-0.4, -0.2) is 35.2 Å². The molecule has 2 aromatic rings. The van der Waals surface area contributed by atoms with Crippen LogP contribution in [0.3, 0.4) is 0 Å². The molecule has 6 heteroatoms. The van der Waals surface area contributed by atoms with Gasteiger partial charge in [-0.25, -0.2) is 9.18 Å². The van der Waals surface area contributed by atoms with E-state index in [1.54, 1.807) is 12.1 Å². The molecule has 0 unspecified atom stereocenters. The SMILES string of the molecule is Cc1ccc(F)c([C@@H]2CN(C(=O)OCc3ccccc3)C[C@H]2C(=O)O)c1. The molecule has 0 radical (unpaired) electrons. The van der Waals surface area contributed by atoms with Crippen LogP contribution in [0, 0.1) is 18.7 Å². The van der Waals surface area contributed by atoms with Gasteiger partial charge in [-0.15, -0.1) is 0 Å². The lowest BCUT2D eigenvalue weighted by molar-refractivity contribution is -0.141. The van der Waals surface area contributed by atoms with Crippen LogP contribution in [-0.2, 0) is 16.1 Å². The Kier molecular flexibility index (Phi) is 5.21. The van der Waals surface area contributed by atoms with Crippen LogP contribution in [0.4, 0.5) is 9.18 Å². The predicted octanol–water partition coefficient (Wildman–Crippen LogP) is 3.57. The van der Waals surface area contributed by atoms with Crippen molar-refractivity contribution in [3.63, 3.8) is 0 Å². The number of hydrogen-bond donors (Lipinski definition) is 1. The summed E-state index contributed by atoms with van der Waals surface area (Å²) in [7, 11) is 0. The Bertz CT molecular complexity index is 809. The fourth-order valence-electron chi connectivity index (χ4n) is 3.28. The summed E-state index contributed by atoms with van der Waals surface area (Å²) >= 11 is 0. The second-order valence-electron chi connectivity index (χ2n) is 6.52. The number of likely N-dealkylation sites (tertiary alicyclic amines) is 1. The highest BCUT2D eigenvalue weighted by Gasteiger charge is 2.42. The summed E-state index contributed by atoms with van der Waals surface area (Å²) < 4.78 is 19.5. The number of halogens is 1. The number of carboxylic acids is 1. The van der Waals surface area contributed by atoms with E-state index in [0.29, 0.717) is 5.56 Å². The van der Waals surface area contributed by atoms with E-state index >= 15 is 0 Å². The number of hydrogen-bond acceptors (Lipinski definition) is 3. The van der Waals surface area contributed by atoms with E-state index < -0.39 is 29.7 Å². The van der Waals surface area contributed by atoms with E-state index in [0.717, 1.165) is 11.1 Å². The highest BCUT2D eigenvalue weighted by molar-refractivity contribution is 5.75. The van der Waals surface area contributed by atoms with E-state index in [-0.39, 0.29) is 19.7 Å². The molecule has 1 N–H and O–H groups in total. The average Bonchev–Trinajstić information content (AvgIpc) is 3.08. The van der Waals surface area contributed by atoms with Gasteiger partial charge in [-0.2, -0.15) is 0 Å². The molecular formula is C20H20FNO4. The molecule has 1 saturated heterocycles. The Balaban J connectivity index is 1.73. The summed E-state index contributed by atoms with van der Waals surface area (Å²) in [5.41, 5.74) is 2.02. The molecule has 1 fully saturated rings. The first-order valence-electron chi connectivity index (χ1n) is 8.40. The molecule has 0 spiro atoms. The summed E-state index contributed by atoms with van der Waals surface area (Å²) in [6.07, 6.45) is -0.587. The van der Waals surface area contributed by atoms with E-state index in [1.807, 2.05) is 37.3 Å². The van der Waals surface area contributed by atoms with Gasteiger partial charge in [0.15, 0.2) is 0 Å². The molecule has 1 aliphatic heterocycles. The highest BCUT2D eigenvalue weighted by Crippen LogP contribution is 2.35. The zero-order chi connectivity index (χ0) is 18.7. The maximum absolute atomic E-state index is 14.2. The molecule has 1 aliphatic rings. The van der Waals surface area contributed by atoms with Gasteiger partial charge in [-0.1, -0.05) is 48.0 Å². The Morgan fingerprint density at radius 2 is 1.92 bits per heavy atom. The van der Waals surface area contributed by atoms with Crippen molar-refractivity contribution in [2.75, 3.05) is 13.1 Å². The van der Waals surface area contributed by atoms with Crippen molar-refractivity contribution in [1.82, 2.24) is 4.90 Å². The maximum Gasteiger partial charge on any atom is 0.410 e. The zero-order valence-corrected chi connectivity index (χ0v) is 14.4. The summed E-state index contributed by atoms with van der Waals surface area (Å²) in [6, 6.07) is 13.8. The van der Waals surface area contributed by atoms with Crippen molar-refractivity contribution in [2.24, 2.45) is 5.92 Å². The molecule has 0 saturated carbocycles. The van der Waals surface area contributed by atoms with Gasteiger partial charge in [0.2, 0.25) is 0 Å².